The van der Waals surface area contributed by atoms with E-state index in [-0.39, 0.29) is 5.69 Å². The molecular formula is C11H16N2O2S. The Kier molecular flexibility index (Phi) is 5.28. The second-order valence-electron chi connectivity index (χ2n) is 3.69. The average molecular weight is 240 g/mol. The summed E-state index contributed by atoms with van der Waals surface area (Å²) in [5, 5.41) is 8.78. The molecule has 88 valence electrons. The van der Waals surface area contributed by atoms with Crippen molar-refractivity contribution in [1.82, 2.24) is 9.88 Å². The average Bonchev–Trinajstić information content (AvgIpc) is 2.24. The standard InChI is InChI=1S/C11H16N2O2S/c1-13(2)6-3-7-16-9-4-5-12-10(8-9)11(14)15/h4-5,8H,3,6-7H2,1-2H3,(H,14,15). The molecule has 16 heavy (non-hydrogen) atoms. The second-order valence-corrected chi connectivity index (χ2v) is 4.86. The van der Waals surface area contributed by atoms with Crippen LogP contribution in [0, 0.1) is 0 Å². The molecule has 1 aromatic heterocycles. The van der Waals surface area contributed by atoms with E-state index in [0.717, 1.165) is 23.6 Å². The van der Waals surface area contributed by atoms with Crippen LogP contribution in [0.2, 0.25) is 0 Å². The van der Waals surface area contributed by atoms with Gasteiger partial charge in [0.15, 0.2) is 0 Å². The number of hydrogen-bond donors (Lipinski definition) is 1. The maximum absolute atomic E-state index is 10.7. The van der Waals surface area contributed by atoms with E-state index in [1.54, 1.807) is 17.8 Å². The zero-order valence-corrected chi connectivity index (χ0v) is 10.3. The van der Waals surface area contributed by atoms with Crippen LogP contribution in [-0.4, -0.2) is 47.4 Å². The minimum atomic E-state index is -0.976. The first kappa shape index (κ1) is 13.0. The molecule has 1 N–H and O–H groups in total. The number of thioether (sulfide) groups is 1. The van der Waals surface area contributed by atoms with Crippen LogP contribution < -0.4 is 0 Å². The van der Waals surface area contributed by atoms with E-state index in [0.29, 0.717) is 0 Å². The molecule has 0 atom stereocenters. The molecule has 0 aliphatic carbocycles. The summed E-state index contributed by atoms with van der Waals surface area (Å²) in [5.41, 5.74) is 0.109. The third-order valence-electron chi connectivity index (χ3n) is 1.97. The first-order valence-corrected chi connectivity index (χ1v) is 6.05. The molecular weight excluding hydrogens is 224 g/mol. The molecule has 4 nitrogen and oxygen atoms in total. The highest BCUT2D eigenvalue weighted by Crippen LogP contribution is 2.18. The summed E-state index contributed by atoms with van der Waals surface area (Å²) in [5.74, 6) is 0.0112. The SMILES string of the molecule is CN(C)CCCSc1ccnc(C(=O)O)c1. The molecule has 5 heteroatoms. The van der Waals surface area contributed by atoms with Gasteiger partial charge in [0.05, 0.1) is 0 Å². The Hall–Kier alpha value is -1.07. The third-order valence-corrected chi connectivity index (χ3v) is 3.05. The lowest BCUT2D eigenvalue weighted by molar-refractivity contribution is 0.0690. The number of hydrogen-bond acceptors (Lipinski definition) is 4. The maximum atomic E-state index is 10.7. The summed E-state index contributed by atoms with van der Waals surface area (Å²) in [6, 6.07) is 3.45. The van der Waals surface area contributed by atoms with E-state index in [2.05, 4.69) is 9.88 Å². The normalized spacial score (nSPS) is 10.7. The van der Waals surface area contributed by atoms with Crippen LogP contribution in [0.1, 0.15) is 16.9 Å². The molecule has 0 aromatic carbocycles. The Morgan fingerprint density at radius 3 is 2.94 bits per heavy atom. The van der Waals surface area contributed by atoms with Gasteiger partial charge >= 0.3 is 5.97 Å². The zero-order chi connectivity index (χ0) is 12.0. The fourth-order valence-electron chi connectivity index (χ4n) is 1.19. The van der Waals surface area contributed by atoms with Crippen molar-refractivity contribution in [2.45, 2.75) is 11.3 Å². The van der Waals surface area contributed by atoms with E-state index in [4.69, 9.17) is 5.11 Å². The minimum Gasteiger partial charge on any atom is -0.477 e. The number of rotatable bonds is 6. The van der Waals surface area contributed by atoms with Crippen molar-refractivity contribution in [3.05, 3.63) is 24.0 Å². The van der Waals surface area contributed by atoms with Crippen molar-refractivity contribution in [1.29, 1.82) is 0 Å². The number of carboxylic acid groups (broad SMARTS) is 1. The van der Waals surface area contributed by atoms with Gasteiger partial charge in [0.1, 0.15) is 5.69 Å². The highest BCUT2D eigenvalue weighted by Gasteiger charge is 2.04. The molecule has 0 saturated heterocycles. The van der Waals surface area contributed by atoms with Crippen molar-refractivity contribution in [2.75, 3.05) is 26.4 Å². The fraction of sp³-hybridized carbons (Fsp3) is 0.455. The first-order valence-electron chi connectivity index (χ1n) is 5.06. The van der Waals surface area contributed by atoms with Crippen molar-refractivity contribution >= 4 is 17.7 Å². The summed E-state index contributed by atoms with van der Waals surface area (Å²) in [6.07, 6.45) is 2.63. The smallest absolute Gasteiger partial charge is 0.354 e. The van der Waals surface area contributed by atoms with Gasteiger partial charge in [-0.2, -0.15) is 0 Å². The lowest BCUT2D eigenvalue weighted by Gasteiger charge is -2.08. The quantitative estimate of drug-likeness (QED) is 0.607. The zero-order valence-electron chi connectivity index (χ0n) is 9.51. The van der Waals surface area contributed by atoms with Crippen LogP contribution >= 0.6 is 11.8 Å². The van der Waals surface area contributed by atoms with Crippen molar-refractivity contribution in [2.24, 2.45) is 0 Å². The lowest BCUT2D eigenvalue weighted by Crippen LogP contribution is -2.13. The number of carboxylic acids is 1. The van der Waals surface area contributed by atoms with Gasteiger partial charge in [-0.3, -0.25) is 0 Å². The van der Waals surface area contributed by atoms with Gasteiger partial charge in [0, 0.05) is 11.1 Å². The first-order chi connectivity index (χ1) is 7.59. The summed E-state index contributed by atoms with van der Waals surface area (Å²) in [7, 11) is 4.08. The molecule has 0 aliphatic rings. The summed E-state index contributed by atoms with van der Waals surface area (Å²) >= 11 is 1.66. The van der Waals surface area contributed by atoms with E-state index >= 15 is 0 Å². The Balaban J connectivity index is 2.42. The van der Waals surface area contributed by atoms with Crippen LogP contribution in [0.4, 0.5) is 0 Å². The van der Waals surface area contributed by atoms with Crippen LogP contribution in [0.15, 0.2) is 23.2 Å². The molecule has 1 heterocycles. The molecule has 1 aromatic rings. The highest BCUT2D eigenvalue weighted by molar-refractivity contribution is 7.99. The molecule has 0 saturated carbocycles. The van der Waals surface area contributed by atoms with Gasteiger partial charge in [0.25, 0.3) is 0 Å². The molecule has 0 fully saturated rings. The van der Waals surface area contributed by atoms with E-state index < -0.39 is 5.97 Å². The topological polar surface area (TPSA) is 53.4 Å². The van der Waals surface area contributed by atoms with Gasteiger partial charge in [-0.1, -0.05) is 0 Å². The minimum absolute atomic E-state index is 0.109. The van der Waals surface area contributed by atoms with Gasteiger partial charge < -0.3 is 10.0 Å². The Morgan fingerprint density at radius 2 is 2.31 bits per heavy atom. The molecule has 0 radical (unpaired) electrons. The van der Waals surface area contributed by atoms with Crippen molar-refractivity contribution < 1.29 is 9.90 Å². The number of aromatic nitrogens is 1. The Labute approximate surface area is 99.7 Å². The van der Waals surface area contributed by atoms with Crippen LogP contribution in [0.25, 0.3) is 0 Å². The van der Waals surface area contributed by atoms with Gasteiger partial charge in [-0.25, -0.2) is 9.78 Å². The van der Waals surface area contributed by atoms with Crippen LogP contribution in [0.5, 0.6) is 0 Å². The number of carbonyl (C=O) groups is 1. The van der Waals surface area contributed by atoms with Gasteiger partial charge in [-0.05, 0) is 44.9 Å². The molecule has 0 unspecified atom stereocenters. The molecule has 0 amide bonds. The maximum Gasteiger partial charge on any atom is 0.354 e. The van der Waals surface area contributed by atoms with E-state index in [1.807, 2.05) is 20.2 Å². The monoisotopic (exact) mass is 240 g/mol. The Bertz CT molecular complexity index is 356. The fourth-order valence-corrected chi connectivity index (χ4v) is 2.05. The third kappa shape index (κ3) is 4.63. The largest absolute Gasteiger partial charge is 0.477 e. The summed E-state index contributed by atoms with van der Waals surface area (Å²) < 4.78 is 0. The van der Waals surface area contributed by atoms with Crippen LogP contribution in [-0.2, 0) is 0 Å². The molecule has 1 rings (SSSR count). The predicted molar refractivity (Wildman–Crippen MR) is 65.1 cm³/mol. The summed E-state index contributed by atoms with van der Waals surface area (Å²) in [6.45, 7) is 1.05. The molecule has 0 spiro atoms. The van der Waals surface area contributed by atoms with Crippen molar-refractivity contribution in [3.63, 3.8) is 0 Å². The number of nitrogens with zero attached hydrogens (tertiary/aromatic N) is 2. The predicted octanol–water partition coefficient (Wildman–Crippen LogP) is 1.82. The number of pyridine rings is 1. The van der Waals surface area contributed by atoms with E-state index in [9.17, 15) is 4.79 Å². The van der Waals surface area contributed by atoms with Gasteiger partial charge in [0.2, 0.25) is 0 Å². The van der Waals surface area contributed by atoms with Gasteiger partial charge in [-0.15, -0.1) is 11.8 Å². The second kappa shape index (κ2) is 6.50. The van der Waals surface area contributed by atoms with Crippen molar-refractivity contribution in [3.8, 4) is 0 Å². The molecule has 0 bridgehead atoms. The molecule has 0 aliphatic heterocycles. The number of aromatic carboxylic acids is 1. The highest BCUT2D eigenvalue weighted by atomic mass is 32.2. The lowest BCUT2D eigenvalue weighted by atomic mass is 10.3. The Morgan fingerprint density at radius 1 is 1.56 bits per heavy atom. The van der Waals surface area contributed by atoms with E-state index in [1.165, 1.54) is 6.20 Å². The van der Waals surface area contributed by atoms with Crippen LogP contribution in [0.3, 0.4) is 0 Å². The summed E-state index contributed by atoms with van der Waals surface area (Å²) in [4.78, 5) is 17.6.